The van der Waals surface area contributed by atoms with Crippen LogP contribution in [0.4, 0.5) is 0 Å². The average molecular weight is 174 g/mol. The number of rotatable bonds is 6. The molecule has 0 saturated heterocycles. The summed E-state index contributed by atoms with van der Waals surface area (Å²) in [5.41, 5.74) is 0. The van der Waals surface area contributed by atoms with Crippen LogP contribution in [0, 0.1) is 5.92 Å². The summed E-state index contributed by atoms with van der Waals surface area (Å²) in [6.45, 7) is 0. The van der Waals surface area contributed by atoms with Crippen molar-refractivity contribution >= 4 is 18.2 Å². The second kappa shape index (κ2) is 5.29. The predicted octanol–water partition coefficient (Wildman–Crippen LogP) is 0.141. The van der Waals surface area contributed by atoms with Crippen molar-refractivity contribution in [2.75, 3.05) is 0 Å². The van der Waals surface area contributed by atoms with Crippen LogP contribution in [0.3, 0.4) is 0 Å². The SMILES string of the molecule is O=CCCC(CC(=O)O)C(=O)O. The van der Waals surface area contributed by atoms with Gasteiger partial charge in [-0.15, -0.1) is 0 Å². The van der Waals surface area contributed by atoms with Crippen molar-refractivity contribution in [3.05, 3.63) is 0 Å². The Morgan fingerprint density at radius 1 is 1.33 bits per heavy atom. The molecule has 0 rings (SSSR count). The third kappa shape index (κ3) is 4.43. The van der Waals surface area contributed by atoms with Crippen LogP contribution in [0.2, 0.25) is 0 Å². The molecule has 0 amide bonds. The van der Waals surface area contributed by atoms with Crippen molar-refractivity contribution in [2.45, 2.75) is 19.3 Å². The molecule has 0 aromatic carbocycles. The maximum Gasteiger partial charge on any atom is 0.307 e. The molecule has 0 aliphatic carbocycles. The molecule has 0 aliphatic rings. The van der Waals surface area contributed by atoms with Crippen molar-refractivity contribution in [1.29, 1.82) is 0 Å². The van der Waals surface area contributed by atoms with E-state index in [9.17, 15) is 14.4 Å². The highest BCUT2D eigenvalue weighted by atomic mass is 16.4. The first kappa shape index (κ1) is 10.6. The van der Waals surface area contributed by atoms with Gasteiger partial charge >= 0.3 is 11.9 Å². The molecular weight excluding hydrogens is 164 g/mol. The molecular formula is C7H10O5. The Morgan fingerprint density at radius 3 is 2.25 bits per heavy atom. The van der Waals surface area contributed by atoms with Gasteiger partial charge in [0.2, 0.25) is 0 Å². The molecule has 0 aliphatic heterocycles. The minimum absolute atomic E-state index is 0.0875. The number of hydrogen-bond acceptors (Lipinski definition) is 3. The topological polar surface area (TPSA) is 91.7 Å². The molecule has 0 heterocycles. The molecule has 0 spiro atoms. The molecule has 1 atom stereocenters. The number of carboxylic acids is 2. The molecule has 0 bridgehead atoms. The van der Waals surface area contributed by atoms with Crippen LogP contribution < -0.4 is 0 Å². The largest absolute Gasteiger partial charge is 0.481 e. The van der Waals surface area contributed by atoms with Gasteiger partial charge in [0.05, 0.1) is 12.3 Å². The van der Waals surface area contributed by atoms with E-state index >= 15 is 0 Å². The third-order valence-corrected chi connectivity index (χ3v) is 1.40. The summed E-state index contributed by atoms with van der Waals surface area (Å²) < 4.78 is 0. The Labute approximate surface area is 69.0 Å². The lowest BCUT2D eigenvalue weighted by Gasteiger charge is -2.05. The highest BCUT2D eigenvalue weighted by Crippen LogP contribution is 2.10. The van der Waals surface area contributed by atoms with Gasteiger partial charge in [0.1, 0.15) is 6.29 Å². The van der Waals surface area contributed by atoms with Crippen molar-refractivity contribution < 1.29 is 24.6 Å². The monoisotopic (exact) mass is 174 g/mol. The summed E-state index contributed by atoms with van der Waals surface area (Å²) in [5, 5.41) is 16.7. The Morgan fingerprint density at radius 2 is 1.92 bits per heavy atom. The summed E-state index contributed by atoms with van der Waals surface area (Å²) >= 11 is 0. The molecule has 0 saturated carbocycles. The van der Waals surface area contributed by atoms with Crippen molar-refractivity contribution in [2.24, 2.45) is 5.92 Å². The Bertz CT molecular complexity index is 186. The second-order valence-electron chi connectivity index (χ2n) is 2.38. The van der Waals surface area contributed by atoms with E-state index in [0.29, 0.717) is 6.29 Å². The highest BCUT2D eigenvalue weighted by molar-refractivity contribution is 5.77. The lowest BCUT2D eigenvalue weighted by atomic mass is 10.0. The fourth-order valence-electron chi connectivity index (χ4n) is 0.793. The van der Waals surface area contributed by atoms with E-state index in [1.54, 1.807) is 0 Å². The third-order valence-electron chi connectivity index (χ3n) is 1.40. The average Bonchev–Trinajstić information content (AvgIpc) is 1.96. The van der Waals surface area contributed by atoms with E-state index in [0.717, 1.165) is 0 Å². The number of hydrogen-bond donors (Lipinski definition) is 2. The minimum atomic E-state index is -1.17. The van der Waals surface area contributed by atoms with Gasteiger partial charge in [-0.25, -0.2) is 0 Å². The van der Waals surface area contributed by atoms with Crippen LogP contribution >= 0.6 is 0 Å². The van der Waals surface area contributed by atoms with Crippen LogP contribution in [-0.4, -0.2) is 28.4 Å². The molecule has 12 heavy (non-hydrogen) atoms. The fraction of sp³-hybridized carbons (Fsp3) is 0.571. The first-order chi connectivity index (χ1) is 5.57. The number of carbonyl (C=O) groups excluding carboxylic acids is 1. The van der Waals surface area contributed by atoms with Gasteiger partial charge in [0.25, 0.3) is 0 Å². The fourth-order valence-corrected chi connectivity index (χ4v) is 0.793. The molecule has 1 unspecified atom stereocenters. The Balaban J connectivity index is 3.94. The van der Waals surface area contributed by atoms with E-state index in [-0.39, 0.29) is 12.8 Å². The number of aldehydes is 1. The lowest BCUT2D eigenvalue weighted by molar-refractivity contribution is -0.148. The highest BCUT2D eigenvalue weighted by Gasteiger charge is 2.19. The second-order valence-corrected chi connectivity index (χ2v) is 2.38. The first-order valence-corrected chi connectivity index (χ1v) is 3.46. The first-order valence-electron chi connectivity index (χ1n) is 3.46. The van der Waals surface area contributed by atoms with Crippen LogP contribution in [0.5, 0.6) is 0 Å². The number of carbonyl (C=O) groups is 3. The van der Waals surface area contributed by atoms with Gasteiger partial charge < -0.3 is 15.0 Å². The summed E-state index contributed by atoms with van der Waals surface area (Å²) in [4.78, 5) is 30.4. The van der Waals surface area contributed by atoms with Gasteiger partial charge in [-0.1, -0.05) is 0 Å². The summed E-state index contributed by atoms with van der Waals surface area (Å²) in [6, 6.07) is 0. The van der Waals surface area contributed by atoms with Crippen molar-refractivity contribution in [3.8, 4) is 0 Å². The van der Waals surface area contributed by atoms with Gasteiger partial charge in [-0.05, 0) is 6.42 Å². The number of aliphatic carboxylic acids is 2. The van der Waals surface area contributed by atoms with Gasteiger partial charge in [-0.3, -0.25) is 9.59 Å². The Hall–Kier alpha value is -1.39. The maximum atomic E-state index is 10.4. The molecule has 68 valence electrons. The number of carboxylic acid groups (broad SMARTS) is 2. The minimum Gasteiger partial charge on any atom is -0.481 e. The molecule has 0 aromatic heterocycles. The lowest BCUT2D eigenvalue weighted by Crippen LogP contribution is -2.17. The van der Waals surface area contributed by atoms with Crippen molar-refractivity contribution in [3.63, 3.8) is 0 Å². The normalized spacial score (nSPS) is 12.0. The van der Waals surface area contributed by atoms with Crippen LogP contribution in [0.1, 0.15) is 19.3 Å². The van der Waals surface area contributed by atoms with E-state index in [1.165, 1.54) is 0 Å². The summed E-state index contributed by atoms with van der Waals surface area (Å²) in [6.07, 6.45) is 0.330. The van der Waals surface area contributed by atoms with Gasteiger partial charge in [-0.2, -0.15) is 0 Å². The van der Waals surface area contributed by atoms with Gasteiger partial charge in [0, 0.05) is 6.42 Å². The standard InChI is InChI=1S/C7H10O5/c8-3-1-2-5(7(11)12)4-6(9)10/h3,5H,1-2,4H2,(H,9,10)(H,11,12). The van der Waals surface area contributed by atoms with E-state index in [4.69, 9.17) is 10.2 Å². The van der Waals surface area contributed by atoms with E-state index < -0.39 is 24.3 Å². The van der Waals surface area contributed by atoms with Crippen molar-refractivity contribution in [1.82, 2.24) is 0 Å². The predicted molar refractivity (Wildman–Crippen MR) is 38.7 cm³/mol. The van der Waals surface area contributed by atoms with Crippen LogP contribution in [0.25, 0.3) is 0 Å². The molecule has 5 nitrogen and oxygen atoms in total. The van der Waals surface area contributed by atoms with Gasteiger partial charge in [0.15, 0.2) is 0 Å². The van der Waals surface area contributed by atoms with Crippen LogP contribution in [0.15, 0.2) is 0 Å². The van der Waals surface area contributed by atoms with Crippen LogP contribution in [-0.2, 0) is 14.4 Å². The maximum absolute atomic E-state index is 10.4. The molecule has 5 heteroatoms. The molecule has 0 fully saturated rings. The van der Waals surface area contributed by atoms with E-state index in [1.807, 2.05) is 0 Å². The quantitative estimate of drug-likeness (QED) is 0.559. The zero-order chi connectivity index (χ0) is 9.56. The smallest absolute Gasteiger partial charge is 0.307 e. The molecule has 2 N–H and O–H groups in total. The summed E-state index contributed by atoms with van der Waals surface area (Å²) in [7, 11) is 0. The zero-order valence-corrected chi connectivity index (χ0v) is 6.40. The molecule has 0 radical (unpaired) electrons. The Kier molecular flexibility index (Phi) is 4.67. The summed E-state index contributed by atoms with van der Waals surface area (Å²) in [5.74, 6) is -3.28. The zero-order valence-electron chi connectivity index (χ0n) is 6.40. The van der Waals surface area contributed by atoms with E-state index in [2.05, 4.69) is 0 Å². The molecule has 0 aromatic rings.